The largest absolute Gasteiger partial charge is 0.145 e. The van der Waals surface area contributed by atoms with Crippen molar-refractivity contribution in [3.8, 4) is 0 Å². The molecule has 0 rings (SSSR count). The van der Waals surface area contributed by atoms with Gasteiger partial charge in [-0.1, -0.05) is 0 Å². The Balaban J connectivity index is 4.21. The quantitative estimate of drug-likeness (QED) is 0.356. The fraction of sp³-hybridized carbons (Fsp3) is 1.00. The molecule has 0 saturated heterocycles. The lowest BCUT2D eigenvalue weighted by Gasteiger charge is -2.29. The molecule has 0 aromatic rings. The first-order valence-corrected chi connectivity index (χ1v) is 3.91. The van der Waals surface area contributed by atoms with Crippen LogP contribution < -0.4 is 0 Å². The summed E-state index contributed by atoms with van der Waals surface area (Å²) >= 11 is 0. The maximum Gasteiger partial charge on any atom is 0.0587 e. The molecule has 0 saturated carbocycles. The Hall–Kier alpha value is 0.649. The van der Waals surface area contributed by atoms with Gasteiger partial charge in [0, 0.05) is 65.2 Å². The van der Waals surface area contributed by atoms with E-state index in [4.69, 9.17) is 38.7 Å². The van der Waals surface area contributed by atoms with Crippen LogP contribution in [0.25, 0.3) is 0 Å². The summed E-state index contributed by atoms with van der Waals surface area (Å²) in [7, 11) is 30.8. The third-order valence-electron chi connectivity index (χ3n) is 1.94. The number of hydrogen-bond acceptors (Lipinski definition) is 0. The minimum Gasteiger partial charge on any atom is -0.145 e. The third-order valence-corrected chi connectivity index (χ3v) is 1.94. The third kappa shape index (κ3) is 3.58. The van der Waals surface area contributed by atoms with Gasteiger partial charge >= 0.3 is 0 Å². The Bertz CT molecular complexity index is 102. The average molecular weight is 136 g/mol. The Morgan fingerprint density at radius 2 is 1.58 bits per heavy atom. The number of hydrogen-bond donors (Lipinski definition) is 0. The Labute approximate surface area is 85.2 Å². The van der Waals surface area contributed by atoms with Crippen LogP contribution in [0.5, 0.6) is 0 Å². The van der Waals surface area contributed by atoms with Crippen molar-refractivity contribution in [2.45, 2.75) is 12.4 Å². The summed E-state index contributed by atoms with van der Waals surface area (Å²) in [5.41, 5.74) is -0.208. The van der Waals surface area contributed by atoms with Gasteiger partial charge in [0.1, 0.15) is 0 Å². The van der Waals surface area contributed by atoms with Gasteiger partial charge in [0.2, 0.25) is 0 Å². The molecule has 0 spiro atoms. The molecule has 1 atom stereocenters. The smallest absolute Gasteiger partial charge is 0.0587 e. The van der Waals surface area contributed by atoms with Crippen LogP contribution in [0.2, 0.25) is 12.4 Å². The van der Waals surface area contributed by atoms with Crippen molar-refractivity contribution >= 4 is 72.4 Å². The second-order valence-electron chi connectivity index (χ2n) is 2.84. The molecule has 12 heavy (non-hydrogen) atoms. The van der Waals surface area contributed by atoms with Gasteiger partial charge in [-0.25, -0.2) is 0 Å². The summed E-state index contributed by atoms with van der Waals surface area (Å²) in [4.78, 5) is 0. The topological polar surface area (TPSA) is 0 Å². The van der Waals surface area contributed by atoms with Gasteiger partial charge in [-0.05, 0) is 0 Å². The summed E-state index contributed by atoms with van der Waals surface area (Å²) in [6, 6.07) is 0. The van der Waals surface area contributed by atoms with E-state index in [0.29, 0.717) is 0 Å². The van der Waals surface area contributed by atoms with Gasteiger partial charge in [-0.15, -0.1) is 12.4 Å². The normalized spacial score (nSPS) is 11.4. The Morgan fingerprint density at radius 1 is 1.08 bits per heavy atom. The highest BCUT2D eigenvalue weighted by molar-refractivity contribution is 7.59. The predicted octanol–water partition coefficient (Wildman–Crippen LogP) is -2.89. The zero-order valence-electron chi connectivity index (χ0n) is 7.35. The monoisotopic (exact) mass is 138 g/mol. The molecule has 0 aromatic carbocycles. The molecule has 0 aliphatic heterocycles. The highest BCUT2D eigenvalue weighted by Gasteiger charge is 2.26. The van der Waals surface area contributed by atoms with Gasteiger partial charge in [0.15, 0.2) is 0 Å². The second-order valence-corrected chi connectivity index (χ2v) is 2.84. The molecule has 1 unspecified atom stereocenters. The number of rotatable bonds is 5. The van der Waals surface area contributed by atoms with Gasteiger partial charge in [-0.2, -0.15) is 0 Å². The first kappa shape index (κ1) is 12.6. The highest BCUT2D eigenvalue weighted by atomic mass is 13.6. The van der Waals surface area contributed by atoms with Crippen molar-refractivity contribution in [3.63, 3.8) is 0 Å². The molecule has 0 bridgehead atoms. The molecule has 42 valence electrons. The standard InChI is InChI=1S/C2H4B10/c1-8-11(6)2(10(4)5)12(7)9-3/h2H,1H3. The van der Waals surface area contributed by atoms with Crippen molar-refractivity contribution in [2.75, 3.05) is 0 Å². The first-order valence-electron chi connectivity index (χ1n) is 3.91. The minimum atomic E-state index is -0.550. The highest BCUT2D eigenvalue weighted by Crippen LogP contribution is 2.10. The summed E-state index contributed by atoms with van der Waals surface area (Å²) in [5.74, 6) is 0. The zero-order chi connectivity index (χ0) is 9.72. The lowest BCUT2D eigenvalue weighted by atomic mass is 8.80. The van der Waals surface area contributed by atoms with Gasteiger partial charge in [0.05, 0.1) is 7.17 Å². The second kappa shape index (κ2) is 6.16. The lowest BCUT2D eigenvalue weighted by molar-refractivity contribution is 1.81. The first-order chi connectivity index (χ1) is 5.54. The van der Waals surface area contributed by atoms with Crippen LogP contribution in [-0.2, 0) is 0 Å². The molecule has 12 radical (unpaired) electrons. The van der Waals surface area contributed by atoms with Crippen molar-refractivity contribution in [3.05, 3.63) is 0 Å². The van der Waals surface area contributed by atoms with E-state index in [2.05, 4.69) is 0 Å². The maximum absolute atomic E-state index is 5.72. The molecule has 0 N–H and O–H groups in total. The fourth-order valence-electron chi connectivity index (χ4n) is 1.12. The zero-order valence-corrected chi connectivity index (χ0v) is 7.35. The van der Waals surface area contributed by atoms with Crippen LogP contribution >= 0.6 is 0 Å². The van der Waals surface area contributed by atoms with E-state index in [1.807, 2.05) is 6.82 Å². The summed E-state index contributed by atoms with van der Waals surface area (Å²) in [6.45, 7) is 0.700. The van der Waals surface area contributed by atoms with Gasteiger partial charge in [-0.3, -0.25) is 0 Å². The SMILES string of the molecule is [B][B]B([B])C(B([B])[B])B([B])[B]C. The van der Waals surface area contributed by atoms with Crippen molar-refractivity contribution in [2.24, 2.45) is 0 Å². The Morgan fingerprint density at radius 3 is 1.83 bits per heavy atom. The van der Waals surface area contributed by atoms with Gasteiger partial charge in [0.25, 0.3) is 0 Å². The summed E-state index contributed by atoms with van der Waals surface area (Å²) in [5, 5.41) is 0. The maximum atomic E-state index is 5.72. The van der Waals surface area contributed by atoms with E-state index in [-0.39, 0.29) is 18.6 Å². The van der Waals surface area contributed by atoms with E-state index in [9.17, 15) is 0 Å². The average Bonchev–Trinajstić information content (AvgIpc) is 2.03. The predicted molar refractivity (Wildman–Crippen MR) is 67.2 cm³/mol. The van der Waals surface area contributed by atoms with Crippen LogP contribution in [0.3, 0.4) is 0 Å². The molecular weight excluding hydrogens is 132 g/mol. The van der Waals surface area contributed by atoms with E-state index < -0.39 is 6.49 Å². The molecule has 0 nitrogen and oxygen atoms in total. The molecule has 0 aromatic heterocycles. The minimum absolute atomic E-state index is 0.208. The molecule has 0 amide bonds. The van der Waals surface area contributed by atoms with E-state index >= 15 is 0 Å². The van der Waals surface area contributed by atoms with Crippen molar-refractivity contribution in [1.82, 2.24) is 0 Å². The molecular formula is C2H4B10. The van der Waals surface area contributed by atoms with E-state index in [1.54, 1.807) is 7.17 Å². The molecule has 0 aliphatic carbocycles. The van der Waals surface area contributed by atoms with Crippen LogP contribution in [0, 0.1) is 0 Å². The lowest BCUT2D eigenvalue weighted by Crippen LogP contribution is -2.50. The molecule has 10 heteroatoms. The van der Waals surface area contributed by atoms with E-state index in [1.165, 1.54) is 7.06 Å². The summed E-state index contributed by atoms with van der Waals surface area (Å²) in [6.07, 6.45) is 0. The van der Waals surface area contributed by atoms with Crippen molar-refractivity contribution < 1.29 is 0 Å². The summed E-state index contributed by atoms with van der Waals surface area (Å²) < 4.78 is 0. The molecule has 0 heterocycles. The van der Waals surface area contributed by atoms with Crippen molar-refractivity contribution in [1.29, 1.82) is 0 Å². The van der Waals surface area contributed by atoms with Crippen LogP contribution in [0.1, 0.15) is 0 Å². The Kier molecular flexibility index (Phi) is 6.49. The van der Waals surface area contributed by atoms with Gasteiger partial charge < -0.3 is 0 Å². The van der Waals surface area contributed by atoms with Crippen LogP contribution in [0.4, 0.5) is 0 Å². The van der Waals surface area contributed by atoms with Crippen LogP contribution in [-0.4, -0.2) is 72.4 Å². The van der Waals surface area contributed by atoms with Crippen LogP contribution in [0.15, 0.2) is 0 Å². The molecule has 0 fully saturated rings. The fourth-order valence-corrected chi connectivity index (χ4v) is 1.12. The van der Waals surface area contributed by atoms with E-state index in [0.717, 1.165) is 0 Å². The molecule has 0 aliphatic rings.